The summed E-state index contributed by atoms with van der Waals surface area (Å²) >= 11 is 0. The first kappa shape index (κ1) is 49.7. The van der Waals surface area contributed by atoms with Gasteiger partial charge in [0, 0.05) is 131 Å². The number of benzene rings is 1. The van der Waals surface area contributed by atoms with Crippen LogP contribution >= 0.6 is 45.2 Å². The van der Waals surface area contributed by atoms with Crippen LogP contribution in [0.3, 0.4) is 0 Å². The lowest BCUT2D eigenvalue weighted by Crippen LogP contribution is -2.35. The van der Waals surface area contributed by atoms with Gasteiger partial charge in [-0.2, -0.15) is 27.1 Å². The van der Waals surface area contributed by atoms with Gasteiger partial charge >= 0.3 is 0 Å². The van der Waals surface area contributed by atoms with Crippen LogP contribution in [-0.4, -0.2) is 178 Å². The smallest absolute Gasteiger partial charge is 0.282 e. The van der Waals surface area contributed by atoms with Crippen LogP contribution in [0.5, 0.6) is 0 Å². The monoisotopic (exact) mass is 1080 g/mol. The zero-order valence-electron chi connectivity index (χ0n) is 42.2. The Hall–Kier alpha value is 0.120. The summed E-state index contributed by atoms with van der Waals surface area (Å²) in [6.45, 7) is 22.4. The summed E-state index contributed by atoms with van der Waals surface area (Å²) in [4.78, 5) is 0. The lowest BCUT2D eigenvalue weighted by molar-refractivity contribution is 0.230. The van der Waals surface area contributed by atoms with Crippen LogP contribution in [0.25, 0.3) is 0 Å². The third-order valence-electron chi connectivity index (χ3n) is 17.2. The highest BCUT2D eigenvalue weighted by molar-refractivity contribution is 7.83. The molecule has 12 heterocycles. The summed E-state index contributed by atoms with van der Waals surface area (Å²) in [5.41, 5.74) is 2.66. The van der Waals surface area contributed by atoms with Crippen LogP contribution in [-0.2, 0) is 22.1 Å². The SMILES string of the molecule is c1cc(CN2CCCOP23=NP(N2CCCC2)(N2CCCC2)=NP(N2CCCC2)(N2CCCC2)=N3)cc(CN2CCCOP23=NP(N2CCCC2)(N2CCCC2)=NP(N2CCCC2)(N2CCCC2)=N3)c1. The highest BCUT2D eigenvalue weighted by Gasteiger charge is 2.55. The molecule has 24 heteroatoms. The largest absolute Gasteiger partial charge is 0.316 e. The highest BCUT2D eigenvalue weighted by atomic mass is 31.3. The van der Waals surface area contributed by atoms with Gasteiger partial charge in [-0.25, -0.2) is 46.7 Å². The summed E-state index contributed by atoms with van der Waals surface area (Å²) in [5, 5.41) is 0. The molecule has 0 bridgehead atoms. The number of rotatable bonds is 12. The van der Waals surface area contributed by atoms with Gasteiger partial charge in [-0.1, -0.05) is 24.3 Å². The van der Waals surface area contributed by atoms with E-state index in [1.807, 2.05) is 0 Å². The molecule has 10 fully saturated rings. The lowest BCUT2D eigenvalue weighted by atomic mass is 10.1. The predicted molar refractivity (Wildman–Crippen MR) is 291 cm³/mol. The second-order valence-electron chi connectivity index (χ2n) is 22.0. The van der Waals surface area contributed by atoms with E-state index in [2.05, 4.69) is 71.0 Å². The molecule has 2 spiro atoms. The minimum Gasteiger partial charge on any atom is -0.316 e. The Morgan fingerprint density at radius 1 is 0.314 bits per heavy atom. The molecular formula is C46H84N16O2P6. The first-order valence-corrected chi connectivity index (χ1v) is 37.7. The molecule has 12 aliphatic rings. The molecule has 0 radical (unpaired) electrons. The van der Waals surface area contributed by atoms with Crippen molar-refractivity contribution in [1.82, 2.24) is 46.7 Å². The van der Waals surface area contributed by atoms with Gasteiger partial charge in [0.15, 0.2) is 0 Å². The molecule has 390 valence electrons. The van der Waals surface area contributed by atoms with Crippen LogP contribution in [0.15, 0.2) is 51.4 Å². The fourth-order valence-corrected chi connectivity index (χ4v) is 44.4. The highest BCUT2D eigenvalue weighted by Crippen LogP contribution is 2.86. The number of nitrogens with zero attached hydrogens (tertiary/aromatic N) is 16. The second-order valence-corrected chi connectivity index (χ2v) is 38.8. The quantitative estimate of drug-likeness (QED) is 0.185. The molecule has 0 amide bonds. The fraction of sp³-hybridized carbons (Fsp3) is 0.870. The molecule has 2 unspecified atom stereocenters. The van der Waals surface area contributed by atoms with Crippen LogP contribution in [0.2, 0.25) is 0 Å². The second kappa shape index (κ2) is 20.8. The minimum absolute atomic E-state index is 0.731. The van der Waals surface area contributed by atoms with Gasteiger partial charge in [-0.15, -0.1) is 0 Å². The fourth-order valence-electron chi connectivity index (χ4n) is 13.6. The van der Waals surface area contributed by atoms with E-state index in [9.17, 15) is 0 Å². The Bertz CT molecular complexity index is 2110. The molecule has 12 aliphatic heterocycles. The van der Waals surface area contributed by atoms with Gasteiger partial charge in [0.2, 0.25) is 30.0 Å². The zero-order chi connectivity index (χ0) is 46.7. The molecule has 0 saturated carbocycles. The van der Waals surface area contributed by atoms with Crippen molar-refractivity contribution >= 4 is 45.2 Å². The van der Waals surface area contributed by atoms with Crippen molar-refractivity contribution in [3.8, 4) is 0 Å². The van der Waals surface area contributed by atoms with Crippen LogP contribution in [0, 0.1) is 0 Å². The van der Waals surface area contributed by atoms with E-state index < -0.39 is 45.2 Å². The lowest BCUT2D eigenvalue weighted by Gasteiger charge is -2.49. The normalized spacial score (nSPS) is 35.1. The van der Waals surface area contributed by atoms with E-state index in [-0.39, 0.29) is 0 Å². The first-order valence-electron chi connectivity index (χ1n) is 28.2. The van der Waals surface area contributed by atoms with E-state index in [4.69, 9.17) is 36.1 Å². The van der Waals surface area contributed by atoms with E-state index in [1.165, 1.54) is 114 Å². The average Bonchev–Trinajstić information content (AvgIpc) is 4.25. The standard InChI is InChI=1S/C46H84N16O2P6/c1-2-23-53(22-1)65(54-24-3-4-25-54)47-66(55-26-5-6-27-55,56-28-7-8-29-56)50-69(49-65)61(38-18-40-63-69)43-45-20-17-21-46(42-45)44-62-39-19-41-64-70(62)51-67(57-30-9-10-31-57,58-32-11-12-33-58)48-68(52-70,59-34-13-14-35-59)60-36-15-16-37-60/h17,20-21,42H,1-16,18-19,22-41,43-44H2. The van der Waals surface area contributed by atoms with E-state index in [1.54, 1.807) is 0 Å². The molecule has 70 heavy (non-hydrogen) atoms. The third kappa shape index (κ3) is 8.86. The molecule has 10 saturated heterocycles. The van der Waals surface area contributed by atoms with Crippen molar-refractivity contribution in [3.05, 3.63) is 35.4 Å². The van der Waals surface area contributed by atoms with Crippen LogP contribution in [0.4, 0.5) is 0 Å². The molecular weight excluding hydrogens is 994 g/mol. The Labute approximate surface area is 421 Å². The zero-order valence-corrected chi connectivity index (χ0v) is 47.6. The Morgan fingerprint density at radius 2 is 0.571 bits per heavy atom. The summed E-state index contributed by atoms with van der Waals surface area (Å²) in [6.07, 6.45) is 21.8. The minimum atomic E-state index is -2.82. The van der Waals surface area contributed by atoms with Gasteiger partial charge in [0.05, 0.1) is 13.2 Å². The van der Waals surface area contributed by atoms with Crippen molar-refractivity contribution in [3.63, 3.8) is 0 Å². The van der Waals surface area contributed by atoms with Gasteiger partial charge in [0.1, 0.15) is 0 Å². The molecule has 2 atom stereocenters. The first-order chi connectivity index (χ1) is 34.5. The molecule has 0 N–H and O–H groups in total. The number of hydrogen-bond donors (Lipinski definition) is 0. The van der Waals surface area contributed by atoms with Gasteiger partial charge in [0.25, 0.3) is 15.2 Å². The Balaban J connectivity index is 0.906. The number of hydrogen-bond acceptors (Lipinski definition) is 18. The van der Waals surface area contributed by atoms with E-state index in [0.717, 1.165) is 157 Å². The summed E-state index contributed by atoms with van der Waals surface area (Å²) < 4.78 is 80.3. The Kier molecular flexibility index (Phi) is 14.8. The van der Waals surface area contributed by atoms with Crippen LogP contribution < -0.4 is 0 Å². The van der Waals surface area contributed by atoms with E-state index in [0.29, 0.717) is 0 Å². The predicted octanol–water partition coefficient (Wildman–Crippen LogP) is 12.6. The van der Waals surface area contributed by atoms with Crippen LogP contribution in [0.1, 0.15) is 127 Å². The molecule has 18 nitrogen and oxygen atoms in total. The van der Waals surface area contributed by atoms with Gasteiger partial charge in [-0.05, 0) is 127 Å². The van der Waals surface area contributed by atoms with Gasteiger partial charge < -0.3 is 9.05 Å². The van der Waals surface area contributed by atoms with Crippen molar-refractivity contribution in [2.75, 3.05) is 131 Å². The molecule has 0 aliphatic carbocycles. The average molecular weight is 1080 g/mol. The summed E-state index contributed by atoms with van der Waals surface area (Å²) in [6, 6.07) is 9.57. The summed E-state index contributed by atoms with van der Waals surface area (Å²) in [7, 11) is -15.5. The summed E-state index contributed by atoms with van der Waals surface area (Å²) in [5.74, 6) is 0. The topological polar surface area (TPSA) is 125 Å². The van der Waals surface area contributed by atoms with Crippen molar-refractivity contribution in [1.29, 1.82) is 0 Å². The maximum Gasteiger partial charge on any atom is 0.282 e. The third-order valence-corrected chi connectivity index (χ3v) is 41.1. The van der Waals surface area contributed by atoms with Crippen molar-refractivity contribution in [2.24, 2.45) is 27.1 Å². The maximum absolute atomic E-state index is 7.40. The molecule has 1 aromatic carbocycles. The van der Waals surface area contributed by atoms with E-state index >= 15 is 0 Å². The molecule has 0 aromatic heterocycles. The maximum atomic E-state index is 7.40. The van der Waals surface area contributed by atoms with Crippen molar-refractivity contribution < 1.29 is 9.05 Å². The molecule has 13 rings (SSSR count). The van der Waals surface area contributed by atoms with Crippen molar-refractivity contribution in [2.45, 2.75) is 129 Å². The molecule has 1 aromatic rings. The van der Waals surface area contributed by atoms with Gasteiger partial charge in [-0.3, -0.25) is 0 Å². The Morgan fingerprint density at radius 3 is 0.843 bits per heavy atom.